The minimum absolute atomic E-state index is 0.0962. The third-order valence-electron chi connectivity index (χ3n) is 3.75. The van der Waals surface area contributed by atoms with E-state index in [0.29, 0.717) is 16.3 Å². The lowest BCUT2D eigenvalue weighted by atomic mass is 10.1. The molecule has 0 fully saturated rings. The first kappa shape index (κ1) is 16.4. The van der Waals surface area contributed by atoms with Crippen molar-refractivity contribution in [3.05, 3.63) is 80.4 Å². The van der Waals surface area contributed by atoms with Gasteiger partial charge in [0.2, 0.25) is 0 Å². The van der Waals surface area contributed by atoms with Crippen LogP contribution in [0, 0.1) is 5.82 Å². The maximum atomic E-state index is 13.9. The summed E-state index contributed by atoms with van der Waals surface area (Å²) in [5.41, 5.74) is 0.249. The second kappa shape index (κ2) is 6.57. The van der Waals surface area contributed by atoms with Crippen LogP contribution in [0.15, 0.2) is 57.8 Å². The molecule has 1 N–H and O–H groups in total. The van der Waals surface area contributed by atoms with Gasteiger partial charge in [-0.3, -0.25) is 9.59 Å². The van der Waals surface area contributed by atoms with Crippen LogP contribution >= 0.6 is 15.9 Å². The van der Waals surface area contributed by atoms with Gasteiger partial charge in [0.05, 0.1) is 0 Å². The molecule has 122 valence electrons. The van der Waals surface area contributed by atoms with Crippen molar-refractivity contribution in [2.24, 2.45) is 0 Å². The van der Waals surface area contributed by atoms with E-state index in [0.717, 1.165) is 4.47 Å². The van der Waals surface area contributed by atoms with Crippen LogP contribution in [0.2, 0.25) is 0 Å². The predicted octanol–water partition coefficient (Wildman–Crippen LogP) is 3.70. The Morgan fingerprint density at radius 3 is 2.75 bits per heavy atom. The number of amides is 1. The Balaban J connectivity index is 1.91. The topological polar surface area (TPSA) is 53.2 Å². The Bertz CT molecular complexity index is 984. The molecule has 1 heterocycles. The number of nitrogens with zero attached hydrogens (tertiary/aromatic N) is 1. The zero-order chi connectivity index (χ0) is 17.3. The molecule has 0 aliphatic carbocycles. The van der Waals surface area contributed by atoms with Gasteiger partial charge >= 0.3 is 0 Å². The van der Waals surface area contributed by atoms with Crippen LogP contribution in [0.1, 0.15) is 16.1 Å². The number of halogens is 2. The smallest absolute Gasteiger partial charge is 0.270 e. The number of hydrogen-bond acceptors (Lipinski definition) is 2. The number of carbonyl (C=O) groups excluding carboxylic acids is 1. The van der Waals surface area contributed by atoms with Crippen LogP contribution in [-0.2, 0) is 6.54 Å². The molecule has 6 heteroatoms. The Morgan fingerprint density at radius 2 is 1.96 bits per heavy atom. The standard InChI is InChI=1S/C18H14BrFN2O2/c1-22(10-12-8-13(19)6-7-15(12)20)18(24)16-9-11-4-2-3-5-14(11)17(23)21-16/h2-9H,10H2,1H3,(H,21,23). The average molecular weight is 389 g/mol. The Morgan fingerprint density at radius 1 is 1.21 bits per heavy atom. The molecule has 1 amide bonds. The first-order valence-corrected chi connectivity index (χ1v) is 8.06. The number of aromatic nitrogens is 1. The number of nitrogens with one attached hydrogen (secondary N) is 1. The van der Waals surface area contributed by atoms with Crippen molar-refractivity contribution < 1.29 is 9.18 Å². The summed E-state index contributed by atoms with van der Waals surface area (Å²) >= 11 is 3.29. The molecule has 0 radical (unpaired) electrons. The van der Waals surface area contributed by atoms with Gasteiger partial charge < -0.3 is 9.88 Å². The second-order valence-corrected chi connectivity index (χ2v) is 6.41. The molecule has 0 aliphatic heterocycles. The van der Waals surface area contributed by atoms with Gasteiger partial charge in [0.1, 0.15) is 11.5 Å². The first-order chi connectivity index (χ1) is 11.5. The summed E-state index contributed by atoms with van der Waals surface area (Å²) in [6, 6.07) is 13.2. The number of H-pyrrole nitrogens is 1. The van der Waals surface area contributed by atoms with Crippen molar-refractivity contribution in [2.45, 2.75) is 6.54 Å². The maximum absolute atomic E-state index is 13.9. The van der Waals surface area contributed by atoms with E-state index in [9.17, 15) is 14.0 Å². The molecule has 1 aromatic heterocycles. The minimum atomic E-state index is -0.384. The number of hydrogen-bond donors (Lipinski definition) is 1. The van der Waals surface area contributed by atoms with E-state index in [1.807, 2.05) is 0 Å². The Kier molecular flexibility index (Phi) is 4.49. The van der Waals surface area contributed by atoms with Gasteiger partial charge in [-0.1, -0.05) is 34.1 Å². The molecule has 0 unspecified atom stereocenters. The minimum Gasteiger partial charge on any atom is -0.336 e. The number of benzene rings is 2. The number of fused-ring (bicyclic) bond motifs is 1. The Labute approximate surface area is 146 Å². The summed E-state index contributed by atoms with van der Waals surface area (Å²) < 4.78 is 14.6. The highest BCUT2D eigenvalue weighted by Gasteiger charge is 2.16. The zero-order valence-electron chi connectivity index (χ0n) is 12.8. The van der Waals surface area contributed by atoms with Crippen LogP contribution in [0.4, 0.5) is 4.39 Å². The molecule has 3 aromatic rings. The molecular weight excluding hydrogens is 375 g/mol. The second-order valence-electron chi connectivity index (χ2n) is 5.50. The fourth-order valence-electron chi connectivity index (χ4n) is 2.52. The van der Waals surface area contributed by atoms with E-state index in [1.165, 1.54) is 11.0 Å². The summed E-state index contributed by atoms with van der Waals surface area (Å²) in [6.07, 6.45) is 0. The summed E-state index contributed by atoms with van der Waals surface area (Å²) in [4.78, 5) is 28.6. The van der Waals surface area contributed by atoms with Gasteiger partial charge in [0, 0.05) is 29.0 Å². The van der Waals surface area contributed by atoms with Crippen LogP contribution < -0.4 is 5.56 Å². The van der Waals surface area contributed by atoms with Crippen molar-refractivity contribution >= 4 is 32.6 Å². The summed E-state index contributed by atoms with van der Waals surface area (Å²) in [7, 11) is 1.57. The molecule has 3 rings (SSSR count). The van der Waals surface area contributed by atoms with Gasteiger partial charge in [-0.05, 0) is 35.7 Å². The molecular formula is C18H14BrFN2O2. The van der Waals surface area contributed by atoms with E-state index in [4.69, 9.17) is 0 Å². The molecule has 0 saturated heterocycles. The first-order valence-electron chi connectivity index (χ1n) is 7.27. The maximum Gasteiger partial charge on any atom is 0.270 e. The highest BCUT2D eigenvalue weighted by molar-refractivity contribution is 9.10. The van der Waals surface area contributed by atoms with Crippen LogP contribution in [0.3, 0.4) is 0 Å². The number of rotatable bonds is 3. The average Bonchev–Trinajstić information content (AvgIpc) is 2.57. The van der Waals surface area contributed by atoms with Gasteiger partial charge in [0.15, 0.2) is 0 Å². The molecule has 24 heavy (non-hydrogen) atoms. The summed E-state index contributed by atoms with van der Waals surface area (Å²) in [6.45, 7) is 0.0962. The summed E-state index contributed by atoms with van der Waals surface area (Å²) in [5, 5.41) is 1.21. The molecule has 0 saturated carbocycles. The van der Waals surface area contributed by atoms with E-state index < -0.39 is 0 Å². The van der Waals surface area contributed by atoms with Gasteiger partial charge in [-0.15, -0.1) is 0 Å². The van der Waals surface area contributed by atoms with Crippen molar-refractivity contribution in [3.8, 4) is 0 Å². The number of carbonyl (C=O) groups is 1. The molecule has 0 bridgehead atoms. The molecule has 0 atom stereocenters. The molecule has 0 aliphatic rings. The Hall–Kier alpha value is -2.47. The third-order valence-corrected chi connectivity index (χ3v) is 4.24. The predicted molar refractivity (Wildman–Crippen MR) is 94.5 cm³/mol. The quantitative estimate of drug-likeness (QED) is 0.743. The van der Waals surface area contributed by atoms with Gasteiger partial charge in [-0.2, -0.15) is 0 Å². The summed E-state index contributed by atoms with van der Waals surface area (Å²) in [5.74, 6) is -0.762. The monoisotopic (exact) mass is 388 g/mol. The van der Waals surface area contributed by atoms with Crippen LogP contribution in [-0.4, -0.2) is 22.8 Å². The largest absolute Gasteiger partial charge is 0.336 e. The molecule has 4 nitrogen and oxygen atoms in total. The van der Waals surface area contributed by atoms with E-state index in [1.54, 1.807) is 49.5 Å². The van der Waals surface area contributed by atoms with Crippen molar-refractivity contribution in [1.82, 2.24) is 9.88 Å². The van der Waals surface area contributed by atoms with E-state index >= 15 is 0 Å². The van der Waals surface area contributed by atoms with Crippen LogP contribution in [0.5, 0.6) is 0 Å². The normalized spacial score (nSPS) is 10.8. The lowest BCUT2D eigenvalue weighted by Crippen LogP contribution is -2.29. The lowest BCUT2D eigenvalue weighted by molar-refractivity contribution is 0.0778. The highest BCUT2D eigenvalue weighted by Crippen LogP contribution is 2.18. The number of pyridine rings is 1. The lowest BCUT2D eigenvalue weighted by Gasteiger charge is -2.18. The van der Waals surface area contributed by atoms with Crippen molar-refractivity contribution in [3.63, 3.8) is 0 Å². The number of aromatic amines is 1. The fraction of sp³-hybridized carbons (Fsp3) is 0.111. The van der Waals surface area contributed by atoms with E-state index in [2.05, 4.69) is 20.9 Å². The molecule has 2 aromatic carbocycles. The van der Waals surface area contributed by atoms with Crippen molar-refractivity contribution in [1.29, 1.82) is 0 Å². The van der Waals surface area contributed by atoms with Gasteiger partial charge in [-0.25, -0.2) is 4.39 Å². The van der Waals surface area contributed by atoms with Crippen LogP contribution in [0.25, 0.3) is 10.8 Å². The highest BCUT2D eigenvalue weighted by atomic mass is 79.9. The molecule has 0 spiro atoms. The zero-order valence-corrected chi connectivity index (χ0v) is 14.4. The van der Waals surface area contributed by atoms with Gasteiger partial charge in [0.25, 0.3) is 11.5 Å². The van der Waals surface area contributed by atoms with Crippen molar-refractivity contribution in [2.75, 3.05) is 7.05 Å². The third kappa shape index (κ3) is 3.23. The fourth-order valence-corrected chi connectivity index (χ4v) is 2.93. The van der Waals surface area contributed by atoms with E-state index in [-0.39, 0.29) is 29.5 Å². The SMILES string of the molecule is CN(Cc1cc(Br)ccc1F)C(=O)c1cc2ccccc2c(=O)[nH]1.